The number of aryl methyl sites for hydroxylation is 1. The number of hydrogen-bond donors (Lipinski definition) is 2. The number of anilines is 1. The van der Waals surface area contributed by atoms with Crippen molar-refractivity contribution in [2.24, 2.45) is 0 Å². The monoisotopic (exact) mass is 331 g/mol. The predicted molar refractivity (Wildman–Crippen MR) is 78.3 cm³/mol. The van der Waals surface area contributed by atoms with Gasteiger partial charge in [0.15, 0.2) is 0 Å². The van der Waals surface area contributed by atoms with E-state index in [2.05, 4.69) is 4.72 Å². The van der Waals surface area contributed by atoms with Crippen molar-refractivity contribution in [2.75, 3.05) is 4.72 Å². The van der Waals surface area contributed by atoms with E-state index in [1.807, 2.05) is 0 Å². The Morgan fingerprint density at radius 3 is 2.55 bits per heavy atom. The van der Waals surface area contributed by atoms with Crippen LogP contribution in [-0.2, 0) is 10.0 Å². The lowest BCUT2D eigenvalue weighted by Crippen LogP contribution is -2.12. The fraction of sp³-hybridized carbons (Fsp3) is 0.0833. The number of halogens is 1. The third kappa shape index (κ3) is 3.12. The molecule has 0 bridgehead atoms. The lowest BCUT2D eigenvalue weighted by atomic mass is 10.2. The van der Waals surface area contributed by atoms with E-state index in [0.717, 1.165) is 16.2 Å². The third-order valence-electron chi connectivity index (χ3n) is 2.44. The predicted octanol–water partition coefficient (Wildman–Crippen LogP) is 3.21. The molecule has 2 aromatic rings. The zero-order valence-corrected chi connectivity index (χ0v) is 12.6. The van der Waals surface area contributed by atoms with Crippen molar-refractivity contribution in [1.82, 2.24) is 0 Å². The average Bonchev–Trinajstić information content (AvgIpc) is 2.79. The summed E-state index contributed by atoms with van der Waals surface area (Å²) in [6.07, 6.45) is 0. The number of hydrogen-bond acceptors (Lipinski definition) is 4. The molecule has 0 aliphatic rings. The van der Waals surface area contributed by atoms with Gasteiger partial charge in [0.25, 0.3) is 10.0 Å². The number of aromatic carboxylic acids is 1. The van der Waals surface area contributed by atoms with Gasteiger partial charge in [-0.2, -0.15) is 0 Å². The molecule has 1 heterocycles. The summed E-state index contributed by atoms with van der Waals surface area (Å²) in [6.45, 7) is 1.79. The number of benzene rings is 1. The summed E-state index contributed by atoms with van der Waals surface area (Å²) in [6, 6.07) is 6.99. The van der Waals surface area contributed by atoms with Gasteiger partial charge >= 0.3 is 5.97 Å². The SMILES string of the molecule is Cc1ccc(S(=O)(=O)Nc2cc(C(=O)O)ccc2Cl)s1. The summed E-state index contributed by atoms with van der Waals surface area (Å²) in [5, 5.41) is 9.03. The van der Waals surface area contributed by atoms with E-state index in [9.17, 15) is 13.2 Å². The highest BCUT2D eigenvalue weighted by molar-refractivity contribution is 7.94. The third-order valence-corrected chi connectivity index (χ3v) is 5.63. The summed E-state index contributed by atoms with van der Waals surface area (Å²) in [5.74, 6) is -1.16. The molecule has 1 aromatic heterocycles. The normalized spacial score (nSPS) is 11.3. The molecule has 106 valence electrons. The van der Waals surface area contributed by atoms with Gasteiger partial charge < -0.3 is 5.11 Å². The minimum absolute atomic E-state index is 0.0395. The van der Waals surface area contributed by atoms with E-state index in [1.54, 1.807) is 13.0 Å². The fourth-order valence-electron chi connectivity index (χ4n) is 1.49. The van der Waals surface area contributed by atoms with Crippen LogP contribution in [0, 0.1) is 6.92 Å². The van der Waals surface area contributed by atoms with E-state index in [-0.39, 0.29) is 20.5 Å². The zero-order valence-electron chi connectivity index (χ0n) is 10.3. The van der Waals surface area contributed by atoms with Gasteiger partial charge in [0, 0.05) is 4.88 Å². The van der Waals surface area contributed by atoms with Gasteiger partial charge in [-0.25, -0.2) is 13.2 Å². The molecule has 0 aliphatic carbocycles. The maximum atomic E-state index is 12.1. The molecule has 20 heavy (non-hydrogen) atoms. The van der Waals surface area contributed by atoms with Gasteiger partial charge in [-0.3, -0.25) is 4.72 Å². The van der Waals surface area contributed by atoms with Gasteiger partial charge in [-0.1, -0.05) is 11.6 Å². The summed E-state index contributed by atoms with van der Waals surface area (Å²) < 4.78 is 26.7. The second-order valence-electron chi connectivity index (χ2n) is 3.97. The molecule has 1 aromatic carbocycles. The molecule has 0 unspecified atom stereocenters. The summed E-state index contributed by atoms with van der Waals surface area (Å²) in [4.78, 5) is 11.7. The van der Waals surface area contributed by atoms with Crippen molar-refractivity contribution in [3.8, 4) is 0 Å². The topological polar surface area (TPSA) is 83.5 Å². The minimum Gasteiger partial charge on any atom is -0.478 e. The molecule has 0 radical (unpaired) electrons. The van der Waals surface area contributed by atoms with Crippen LogP contribution in [0.15, 0.2) is 34.5 Å². The maximum absolute atomic E-state index is 12.1. The Hall–Kier alpha value is -1.57. The van der Waals surface area contributed by atoms with Crippen LogP contribution < -0.4 is 4.72 Å². The highest BCUT2D eigenvalue weighted by atomic mass is 35.5. The molecule has 8 heteroatoms. The van der Waals surface area contributed by atoms with Crippen molar-refractivity contribution in [2.45, 2.75) is 11.1 Å². The molecule has 0 aliphatic heterocycles. The summed E-state index contributed by atoms with van der Waals surface area (Å²) in [7, 11) is -3.77. The van der Waals surface area contributed by atoms with Gasteiger partial charge in [-0.05, 0) is 37.3 Å². The number of carboxylic acids is 1. The molecule has 2 N–H and O–H groups in total. The molecule has 0 saturated heterocycles. The molecule has 0 spiro atoms. The first-order chi connectivity index (χ1) is 9.29. The van der Waals surface area contributed by atoms with Crippen molar-refractivity contribution < 1.29 is 18.3 Å². The Morgan fingerprint density at radius 1 is 1.30 bits per heavy atom. The summed E-state index contributed by atoms with van der Waals surface area (Å²) in [5.41, 5.74) is -0.00733. The smallest absolute Gasteiger partial charge is 0.335 e. The molecule has 0 saturated carbocycles. The second-order valence-corrected chi connectivity index (χ2v) is 7.57. The first-order valence-electron chi connectivity index (χ1n) is 5.42. The Morgan fingerprint density at radius 2 is 2.00 bits per heavy atom. The number of carboxylic acid groups (broad SMARTS) is 1. The van der Waals surface area contributed by atoms with Crippen molar-refractivity contribution in [1.29, 1.82) is 0 Å². The molecular formula is C12H10ClNO4S2. The van der Waals surface area contributed by atoms with Crippen LogP contribution in [0.5, 0.6) is 0 Å². The first-order valence-corrected chi connectivity index (χ1v) is 8.09. The van der Waals surface area contributed by atoms with Gasteiger partial charge in [0.1, 0.15) is 4.21 Å². The number of rotatable bonds is 4. The van der Waals surface area contributed by atoms with Crippen LogP contribution in [-0.4, -0.2) is 19.5 Å². The van der Waals surface area contributed by atoms with E-state index in [0.29, 0.717) is 0 Å². The lowest BCUT2D eigenvalue weighted by Gasteiger charge is -2.09. The minimum atomic E-state index is -3.77. The molecular weight excluding hydrogens is 322 g/mol. The Labute approximate surface area is 124 Å². The van der Waals surface area contributed by atoms with Crippen LogP contribution in [0.25, 0.3) is 0 Å². The summed E-state index contributed by atoms with van der Waals surface area (Å²) >= 11 is 7.00. The van der Waals surface area contributed by atoms with Crippen molar-refractivity contribution in [3.63, 3.8) is 0 Å². The van der Waals surface area contributed by atoms with E-state index in [4.69, 9.17) is 16.7 Å². The van der Waals surface area contributed by atoms with Gasteiger partial charge in [0.05, 0.1) is 16.3 Å². The number of thiophene rings is 1. The molecule has 2 rings (SSSR count). The highest BCUT2D eigenvalue weighted by Crippen LogP contribution is 2.28. The lowest BCUT2D eigenvalue weighted by molar-refractivity contribution is 0.0697. The maximum Gasteiger partial charge on any atom is 0.335 e. The zero-order chi connectivity index (χ0) is 14.9. The number of sulfonamides is 1. The van der Waals surface area contributed by atoms with E-state index in [1.165, 1.54) is 24.3 Å². The molecule has 0 amide bonds. The van der Waals surface area contributed by atoms with Crippen LogP contribution >= 0.6 is 22.9 Å². The standard InChI is InChI=1S/C12H10ClNO4S2/c1-7-2-5-11(19-7)20(17,18)14-10-6-8(12(15)16)3-4-9(10)13/h2-6,14H,1H3,(H,15,16). The highest BCUT2D eigenvalue weighted by Gasteiger charge is 2.18. The Balaban J connectivity index is 2.39. The molecule has 5 nitrogen and oxygen atoms in total. The van der Waals surface area contributed by atoms with Crippen LogP contribution in [0.1, 0.15) is 15.2 Å². The van der Waals surface area contributed by atoms with E-state index >= 15 is 0 Å². The van der Waals surface area contributed by atoms with Crippen molar-refractivity contribution in [3.05, 3.63) is 45.8 Å². The van der Waals surface area contributed by atoms with Crippen molar-refractivity contribution >= 4 is 44.6 Å². The molecule has 0 fully saturated rings. The van der Waals surface area contributed by atoms with Gasteiger partial charge in [-0.15, -0.1) is 11.3 Å². The fourth-order valence-corrected chi connectivity index (χ4v) is 4.06. The van der Waals surface area contributed by atoms with Crippen LogP contribution in [0.3, 0.4) is 0 Å². The largest absolute Gasteiger partial charge is 0.478 e. The number of carbonyl (C=O) groups is 1. The van der Waals surface area contributed by atoms with Crippen LogP contribution in [0.4, 0.5) is 5.69 Å². The van der Waals surface area contributed by atoms with Gasteiger partial charge in [0.2, 0.25) is 0 Å². The Kier molecular flexibility index (Phi) is 4.03. The Bertz CT molecular complexity index is 768. The second kappa shape index (κ2) is 5.43. The molecule has 0 atom stereocenters. The average molecular weight is 332 g/mol. The van der Waals surface area contributed by atoms with E-state index < -0.39 is 16.0 Å². The van der Waals surface area contributed by atoms with Crippen LogP contribution in [0.2, 0.25) is 5.02 Å². The quantitative estimate of drug-likeness (QED) is 0.901. The first kappa shape index (κ1) is 14.8. The number of nitrogens with one attached hydrogen (secondary N) is 1.